The molecule has 1 amide bonds. The lowest BCUT2D eigenvalue weighted by atomic mass is 10.1. The van der Waals surface area contributed by atoms with E-state index in [0.29, 0.717) is 30.0 Å². The number of pyridine rings is 1. The van der Waals surface area contributed by atoms with E-state index < -0.39 is 0 Å². The van der Waals surface area contributed by atoms with Gasteiger partial charge in [0.25, 0.3) is 5.91 Å². The van der Waals surface area contributed by atoms with Gasteiger partial charge in [-0.3, -0.25) is 4.79 Å². The van der Waals surface area contributed by atoms with E-state index in [2.05, 4.69) is 15.6 Å². The maximum Gasteiger partial charge on any atom is 0.257 e. The van der Waals surface area contributed by atoms with Gasteiger partial charge in [-0.25, -0.2) is 4.52 Å². The fraction of sp³-hybridized carbons (Fsp3) is 0.267. The van der Waals surface area contributed by atoms with Gasteiger partial charge in [0.05, 0.1) is 17.4 Å². The number of nitrogens with zero attached hydrogens (tertiary/aromatic N) is 3. The minimum absolute atomic E-state index is 0.166. The molecular formula is C15H16N4O2. The second-order valence-electron chi connectivity index (χ2n) is 4.80. The van der Waals surface area contributed by atoms with Crippen molar-refractivity contribution in [3.63, 3.8) is 0 Å². The molecule has 0 unspecified atom stereocenters. The Balaban J connectivity index is 1.78. The highest BCUT2D eigenvalue weighted by atomic mass is 16.5. The molecule has 21 heavy (non-hydrogen) atoms. The van der Waals surface area contributed by atoms with Crippen LogP contribution in [-0.4, -0.2) is 20.7 Å². The fourth-order valence-corrected chi connectivity index (χ4v) is 2.34. The summed E-state index contributed by atoms with van der Waals surface area (Å²) in [5, 5.41) is 11.0. The third-order valence-electron chi connectivity index (χ3n) is 3.44. The third-order valence-corrected chi connectivity index (χ3v) is 3.44. The van der Waals surface area contributed by atoms with E-state index in [4.69, 9.17) is 4.52 Å². The van der Waals surface area contributed by atoms with Crippen LogP contribution in [0.2, 0.25) is 0 Å². The molecule has 0 spiro atoms. The number of carbonyl (C=O) groups excluding carboxylic acids is 1. The summed E-state index contributed by atoms with van der Waals surface area (Å²) in [7, 11) is 0. The minimum Gasteiger partial charge on any atom is -0.361 e. The number of amides is 1. The summed E-state index contributed by atoms with van der Waals surface area (Å²) < 4.78 is 6.87. The Bertz CT molecular complexity index is 788. The maximum absolute atomic E-state index is 12.3. The summed E-state index contributed by atoms with van der Waals surface area (Å²) in [6.07, 6.45) is 4.30. The molecule has 0 aliphatic heterocycles. The van der Waals surface area contributed by atoms with E-state index in [1.54, 1.807) is 17.6 Å². The molecule has 1 N–H and O–H groups in total. The van der Waals surface area contributed by atoms with E-state index in [0.717, 1.165) is 11.1 Å². The van der Waals surface area contributed by atoms with Gasteiger partial charge >= 0.3 is 0 Å². The number of hydrogen-bond acceptors (Lipinski definition) is 4. The van der Waals surface area contributed by atoms with Crippen LogP contribution in [0.3, 0.4) is 0 Å². The van der Waals surface area contributed by atoms with Gasteiger partial charge in [0.1, 0.15) is 11.3 Å². The molecule has 0 aromatic carbocycles. The number of carbonyl (C=O) groups is 1. The van der Waals surface area contributed by atoms with Crippen molar-refractivity contribution in [1.82, 2.24) is 20.1 Å². The van der Waals surface area contributed by atoms with E-state index in [1.165, 1.54) is 0 Å². The molecule has 0 fully saturated rings. The summed E-state index contributed by atoms with van der Waals surface area (Å²) in [4.78, 5) is 12.3. The average molecular weight is 284 g/mol. The van der Waals surface area contributed by atoms with Crippen LogP contribution in [0.25, 0.3) is 5.52 Å². The monoisotopic (exact) mass is 284 g/mol. The zero-order valence-electron chi connectivity index (χ0n) is 12.0. The van der Waals surface area contributed by atoms with Crippen LogP contribution in [0.15, 0.2) is 35.1 Å². The zero-order valence-corrected chi connectivity index (χ0v) is 12.0. The zero-order chi connectivity index (χ0) is 14.8. The fourth-order valence-electron chi connectivity index (χ4n) is 2.34. The highest BCUT2D eigenvalue weighted by Crippen LogP contribution is 2.15. The summed E-state index contributed by atoms with van der Waals surface area (Å²) in [5.41, 5.74) is 3.17. The lowest BCUT2D eigenvalue weighted by Gasteiger charge is -2.04. The molecule has 0 aliphatic rings. The van der Waals surface area contributed by atoms with E-state index in [-0.39, 0.29) is 5.91 Å². The van der Waals surface area contributed by atoms with Crippen LogP contribution >= 0.6 is 0 Å². The van der Waals surface area contributed by atoms with Gasteiger partial charge in [-0.15, -0.1) is 0 Å². The van der Waals surface area contributed by atoms with Crippen molar-refractivity contribution in [3.8, 4) is 0 Å². The Hall–Kier alpha value is -2.63. The first-order chi connectivity index (χ1) is 10.2. The van der Waals surface area contributed by atoms with Crippen molar-refractivity contribution in [2.45, 2.75) is 26.8 Å². The Morgan fingerprint density at radius 2 is 2.29 bits per heavy atom. The average Bonchev–Trinajstić information content (AvgIpc) is 3.08. The standard InChI is InChI=1S/C15H16N4O2/c1-3-12-14(10(2)21-18-12)15(20)16-8-11-9-17-19-7-5-4-6-13(11)19/h4-7,9H,3,8H2,1-2H3,(H,16,20). The van der Waals surface area contributed by atoms with E-state index >= 15 is 0 Å². The Kier molecular flexibility index (Phi) is 3.43. The van der Waals surface area contributed by atoms with Crippen LogP contribution < -0.4 is 5.32 Å². The maximum atomic E-state index is 12.3. The van der Waals surface area contributed by atoms with Crippen molar-refractivity contribution < 1.29 is 9.32 Å². The summed E-state index contributed by atoms with van der Waals surface area (Å²) in [6.45, 7) is 4.11. The molecule has 0 saturated heterocycles. The van der Waals surface area contributed by atoms with Crippen molar-refractivity contribution in [2.24, 2.45) is 0 Å². The number of aryl methyl sites for hydroxylation is 2. The molecule has 3 aromatic heterocycles. The second-order valence-corrected chi connectivity index (χ2v) is 4.80. The van der Waals surface area contributed by atoms with Gasteiger partial charge < -0.3 is 9.84 Å². The largest absolute Gasteiger partial charge is 0.361 e. The van der Waals surface area contributed by atoms with Gasteiger partial charge in [-0.05, 0) is 25.5 Å². The van der Waals surface area contributed by atoms with Crippen LogP contribution in [0, 0.1) is 6.92 Å². The molecule has 0 radical (unpaired) electrons. The first-order valence-electron chi connectivity index (χ1n) is 6.85. The van der Waals surface area contributed by atoms with Crippen molar-refractivity contribution in [3.05, 3.63) is 53.2 Å². The first kappa shape index (κ1) is 13.4. The number of rotatable bonds is 4. The smallest absolute Gasteiger partial charge is 0.257 e. The predicted molar refractivity (Wildman–Crippen MR) is 77.0 cm³/mol. The van der Waals surface area contributed by atoms with Gasteiger partial charge in [-0.2, -0.15) is 5.10 Å². The SMILES string of the molecule is CCc1noc(C)c1C(=O)NCc1cnn2ccccc12. The molecule has 3 aromatic rings. The second kappa shape index (κ2) is 5.40. The molecule has 6 heteroatoms. The Morgan fingerprint density at radius 3 is 3.10 bits per heavy atom. The van der Waals surface area contributed by atoms with Crippen LogP contribution in [0.1, 0.15) is 34.3 Å². The van der Waals surface area contributed by atoms with E-state index in [1.807, 2.05) is 31.3 Å². The molecule has 3 heterocycles. The molecule has 0 atom stereocenters. The molecule has 108 valence electrons. The number of aromatic nitrogens is 3. The Labute approximate surface area is 121 Å². The van der Waals surface area contributed by atoms with Gasteiger partial charge in [0.2, 0.25) is 0 Å². The predicted octanol–water partition coefficient (Wildman–Crippen LogP) is 2.12. The summed E-state index contributed by atoms with van der Waals surface area (Å²) in [5.74, 6) is 0.380. The third kappa shape index (κ3) is 2.40. The van der Waals surface area contributed by atoms with Crippen molar-refractivity contribution in [1.29, 1.82) is 0 Å². The van der Waals surface area contributed by atoms with Gasteiger partial charge in [0, 0.05) is 18.3 Å². The van der Waals surface area contributed by atoms with E-state index in [9.17, 15) is 4.79 Å². The molecule has 3 rings (SSSR count). The Morgan fingerprint density at radius 1 is 1.43 bits per heavy atom. The number of nitrogens with one attached hydrogen (secondary N) is 1. The number of fused-ring (bicyclic) bond motifs is 1. The van der Waals surface area contributed by atoms with Crippen LogP contribution in [0.5, 0.6) is 0 Å². The van der Waals surface area contributed by atoms with Crippen molar-refractivity contribution >= 4 is 11.4 Å². The quantitative estimate of drug-likeness (QED) is 0.796. The van der Waals surface area contributed by atoms with Crippen LogP contribution in [-0.2, 0) is 13.0 Å². The first-order valence-corrected chi connectivity index (χ1v) is 6.85. The highest BCUT2D eigenvalue weighted by Gasteiger charge is 2.19. The molecule has 0 saturated carbocycles. The summed E-state index contributed by atoms with van der Waals surface area (Å²) >= 11 is 0. The molecular weight excluding hydrogens is 268 g/mol. The van der Waals surface area contributed by atoms with Crippen molar-refractivity contribution in [2.75, 3.05) is 0 Å². The molecule has 0 aliphatic carbocycles. The lowest BCUT2D eigenvalue weighted by molar-refractivity contribution is 0.0949. The van der Waals surface area contributed by atoms with Gasteiger partial charge in [0.15, 0.2) is 0 Å². The topological polar surface area (TPSA) is 72.4 Å². The molecule has 0 bridgehead atoms. The minimum atomic E-state index is -0.166. The summed E-state index contributed by atoms with van der Waals surface area (Å²) in [6, 6.07) is 5.83. The highest BCUT2D eigenvalue weighted by molar-refractivity contribution is 5.96. The number of hydrogen-bond donors (Lipinski definition) is 1. The molecule has 6 nitrogen and oxygen atoms in total. The lowest BCUT2D eigenvalue weighted by Crippen LogP contribution is -2.24. The normalized spacial score (nSPS) is 11.0. The van der Waals surface area contributed by atoms with Crippen LogP contribution in [0.4, 0.5) is 0 Å². The van der Waals surface area contributed by atoms with Gasteiger partial charge in [-0.1, -0.05) is 18.1 Å².